The SMILES string of the molecule is Cn1cc(Cl)cc1C(=O)N1CCC(OCCN2CCCC2)CC1. The van der Waals surface area contributed by atoms with E-state index in [-0.39, 0.29) is 5.91 Å². The van der Waals surface area contributed by atoms with Crippen molar-refractivity contribution in [2.45, 2.75) is 31.8 Å². The fraction of sp³-hybridized carbons (Fsp3) is 0.706. The summed E-state index contributed by atoms with van der Waals surface area (Å²) >= 11 is 5.97. The summed E-state index contributed by atoms with van der Waals surface area (Å²) in [5.74, 6) is 0.0647. The van der Waals surface area contributed by atoms with E-state index in [1.54, 1.807) is 16.8 Å². The molecule has 6 heteroatoms. The molecule has 128 valence electrons. The van der Waals surface area contributed by atoms with Crippen molar-refractivity contribution in [1.82, 2.24) is 14.4 Å². The number of halogens is 1. The van der Waals surface area contributed by atoms with E-state index in [9.17, 15) is 4.79 Å². The largest absolute Gasteiger partial charge is 0.377 e. The molecule has 0 unspecified atom stereocenters. The van der Waals surface area contributed by atoms with Gasteiger partial charge in [-0.2, -0.15) is 0 Å². The van der Waals surface area contributed by atoms with E-state index in [1.165, 1.54) is 25.9 Å². The minimum absolute atomic E-state index is 0.0647. The van der Waals surface area contributed by atoms with Crippen LogP contribution < -0.4 is 0 Å². The molecule has 2 aliphatic rings. The zero-order valence-electron chi connectivity index (χ0n) is 13.8. The summed E-state index contributed by atoms with van der Waals surface area (Å²) in [6.45, 7) is 5.81. The van der Waals surface area contributed by atoms with Crippen molar-refractivity contribution in [3.8, 4) is 0 Å². The Morgan fingerprint density at radius 1 is 1.26 bits per heavy atom. The first kappa shape index (κ1) is 16.8. The third kappa shape index (κ3) is 4.28. The average Bonchev–Trinajstić information content (AvgIpc) is 3.17. The fourth-order valence-corrected chi connectivity index (χ4v) is 3.73. The number of nitrogens with zero attached hydrogens (tertiary/aromatic N) is 3. The molecule has 2 aliphatic heterocycles. The van der Waals surface area contributed by atoms with Crippen LogP contribution in [0.3, 0.4) is 0 Å². The Morgan fingerprint density at radius 3 is 2.57 bits per heavy atom. The highest BCUT2D eigenvalue weighted by molar-refractivity contribution is 6.31. The minimum Gasteiger partial charge on any atom is -0.377 e. The summed E-state index contributed by atoms with van der Waals surface area (Å²) < 4.78 is 7.80. The maximum Gasteiger partial charge on any atom is 0.270 e. The molecule has 0 N–H and O–H groups in total. The molecule has 0 atom stereocenters. The van der Waals surface area contributed by atoms with Crippen molar-refractivity contribution >= 4 is 17.5 Å². The summed E-state index contributed by atoms with van der Waals surface area (Å²) in [5.41, 5.74) is 0.656. The molecule has 2 fully saturated rings. The number of piperidine rings is 1. The van der Waals surface area contributed by atoms with Gasteiger partial charge in [0.1, 0.15) is 5.69 Å². The first-order valence-electron chi connectivity index (χ1n) is 8.58. The van der Waals surface area contributed by atoms with Gasteiger partial charge in [-0.25, -0.2) is 0 Å². The van der Waals surface area contributed by atoms with Gasteiger partial charge in [-0.15, -0.1) is 0 Å². The molecular formula is C17H26ClN3O2. The molecule has 2 saturated heterocycles. The third-order valence-electron chi connectivity index (χ3n) is 4.88. The second-order valence-electron chi connectivity index (χ2n) is 6.57. The number of hydrogen-bond acceptors (Lipinski definition) is 3. The van der Waals surface area contributed by atoms with Gasteiger partial charge < -0.3 is 19.1 Å². The predicted octanol–water partition coefficient (Wildman–Crippen LogP) is 2.40. The van der Waals surface area contributed by atoms with Gasteiger partial charge in [0.25, 0.3) is 5.91 Å². The maximum absolute atomic E-state index is 12.5. The Bertz CT molecular complexity index is 532. The lowest BCUT2D eigenvalue weighted by molar-refractivity contribution is 0.00188. The monoisotopic (exact) mass is 339 g/mol. The summed E-state index contributed by atoms with van der Waals surface area (Å²) in [6, 6.07) is 1.74. The second-order valence-corrected chi connectivity index (χ2v) is 7.00. The number of amides is 1. The van der Waals surface area contributed by atoms with Crippen LogP contribution in [0.15, 0.2) is 12.3 Å². The molecule has 1 aromatic rings. The van der Waals surface area contributed by atoms with Gasteiger partial charge in [0, 0.05) is 32.9 Å². The van der Waals surface area contributed by atoms with Gasteiger partial charge in [-0.3, -0.25) is 4.79 Å². The fourth-order valence-electron chi connectivity index (χ4n) is 3.48. The minimum atomic E-state index is 0.0647. The van der Waals surface area contributed by atoms with Crippen molar-refractivity contribution in [3.63, 3.8) is 0 Å². The standard InChI is InChI=1S/C17H26ClN3O2/c1-19-13-14(18)12-16(19)17(22)21-8-4-15(5-9-21)23-11-10-20-6-2-3-7-20/h12-13,15H,2-11H2,1H3. The Balaban J connectivity index is 1.41. The molecule has 3 heterocycles. The van der Waals surface area contributed by atoms with Crippen LogP contribution in [-0.4, -0.2) is 65.7 Å². The number of aromatic nitrogens is 1. The number of rotatable bonds is 5. The lowest BCUT2D eigenvalue weighted by Gasteiger charge is -2.32. The normalized spacial score (nSPS) is 20.3. The van der Waals surface area contributed by atoms with Crippen molar-refractivity contribution in [3.05, 3.63) is 23.0 Å². The summed E-state index contributed by atoms with van der Waals surface area (Å²) in [6.07, 6.45) is 6.54. The van der Waals surface area contributed by atoms with Gasteiger partial charge in [-0.05, 0) is 44.8 Å². The van der Waals surface area contributed by atoms with Crippen LogP contribution in [-0.2, 0) is 11.8 Å². The predicted molar refractivity (Wildman–Crippen MR) is 91.0 cm³/mol. The molecule has 0 radical (unpaired) electrons. The highest BCUT2D eigenvalue weighted by Crippen LogP contribution is 2.19. The second kappa shape index (κ2) is 7.69. The van der Waals surface area contributed by atoms with Crippen LogP contribution in [0.5, 0.6) is 0 Å². The van der Waals surface area contributed by atoms with Crippen LogP contribution in [0.2, 0.25) is 5.02 Å². The number of carbonyl (C=O) groups excluding carboxylic acids is 1. The Hall–Kier alpha value is -1.04. The summed E-state index contributed by atoms with van der Waals surface area (Å²) in [7, 11) is 1.85. The molecule has 1 aromatic heterocycles. The lowest BCUT2D eigenvalue weighted by atomic mass is 10.1. The van der Waals surface area contributed by atoms with E-state index < -0.39 is 0 Å². The van der Waals surface area contributed by atoms with Crippen LogP contribution >= 0.6 is 11.6 Å². The molecule has 0 spiro atoms. The number of carbonyl (C=O) groups is 1. The molecule has 23 heavy (non-hydrogen) atoms. The lowest BCUT2D eigenvalue weighted by Crippen LogP contribution is -2.42. The number of hydrogen-bond donors (Lipinski definition) is 0. The van der Waals surface area contributed by atoms with Gasteiger partial charge >= 0.3 is 0 Å². The number of aryl methyl sites for hydroxylation is 1. The van der Waals surface area contributed by atoms with Crippen molar-refractivity contribution in [1.29, 1.82) is 0 Å². The maximum atomic E-state index is 12.5. The first-order chi connectivity index (χ1) is 11.1. The molecule has 0 aromatic carbocycles. The first-order valence-corrected chi connectivity index (χ1v) is 8.96. The third-order valence-corrected chi connectivity index (χ3v) is 5.09. The Labute approximate surface area is 143 Å². The zero-order valence-corrected chi connectivity index (χ0v) is 14.6. The number of ether oxygens (including phenoxy) is 1. The molecule has 0 bridgehead atoms. The smallest absolute Gasteiger partial charge is 0.270 e. The Morgan fingerprint density at radius 2 is 1.96 bits per heavy atom. The van der Waals surface area contributed by atoms with E-state index >= 15 is 0 Å². The van der Waals surface area contributed by atoms with Crippen molar-refractivity contribution < 1.29 is 9.53 Å². The van der Waals surface area contributed by atoms with Gasteiger partial charge in [0.05, 0.1) is 17.7 Å². The summed E-state index contributed by atoms with van der Waals surface area (Å²) in [5, 5.41) is 0.607. The average molecular weight is 340 g/mol. The van der Waals surface area contributed by atoms with E-state index in [0.29, 0.717) is 16.8 Å². The molecular weight excluding hydrogens is 314 g/mol. The molecule has 1 amide bonds. The van der Waals surface area contributed by atoms with Crippen LogP contribution in [0.25, 0.3) is 0 Å². The highest BCUT2D eigenvalue weighted by atomic mass is 35.5. The topological polar surface area (TPSA) is 37.7 Å². The van der Waals surface area contributed by atoms with Gasteiger partial charge in [0.2, 0.25) is 0 Å². The quantitative estimate of drug-likeness (QED) is 0.826. The Kier molecular flexibility index (Phi) is 5.62. The molecule has 5 nitrogen and oxygen atoms in total. The van der Waals surface area contributed by atoms with Gasteiger partial charge in [0.15, 0.2) is 0 Å². The van der Waals surface area contributed by atoms with Crippen LogP contribution in [0, 0.1) is 0 Å². The van der Waals surface area contributed by atoms with Gasteiger partial charge in [-0.1, -0.05) is 11.6 Å². The molecule has 0 aliphatic carbocycles. The van der Waals surface area contributed by atoms with E-state index in [0.717, 1.165) is 39.1 Å². The van der Waals surface area contributed by atoms with Crippen LogP contribution in [0.4, 0.5) is 0 Å². The van der Waals surface area contributed by atoms with Crippen molar-refractivity contribution in [2.24, 2.45) is 7.05 Å². The molecule has 0 saturated carbocycles. The highest BCUT2D eigenvalue weighted by Gasteiger charge is 2.25. The van der Waals surface area contributed by atoms with Crippen LogP contribution in [0.1, 0.15) is 36.2 Å². The molecule has 3 rings (SSSR count). The van der Waals surface area contributed by atoms with E-state index in [2.05, 4.69) is 4.90 Å². The van der Waals surface area contributed by atoms with E-state index in [4.69, 9.17) is 16.3 Å². The summed E-state index contributed by atoms with van der Waals surface area (Å²) in [4.78, 5) is 16.9. The van der Waals surface area contributed by atoms with Crippen molar-refractivity contribution in [2.75, 3.05) is 39.3 Å². The zero-order chi connectivity index (χ0) is 16.2. The number of likely N-dealkylation sites (tertiary alicyclic amines) is 2. The van der Waals surface area contributed by atoms with E-state index in [1.807, 2.05) is 11.9 Å².